The summed E-state index contributed by atoms with van der Waals surface area (Å²) >= 11 is 6.12. The summed E-state index contributed by atoms with van der Waals surface area (Å²) in [6.45, 7) is 5.55. The van der Waals surface area contributed by atoms with E-state index in [4.69, 9.17) is 20.6 Å². The first kappa shape index (κ1) is 24.9. The minimum Gasteiger partial charge on any atom is -0.307 e. The van der Waals surface area contributed by atoms with E-state index in [-0.39, 0.29) is 13.2 Å². The molecular weight excluding hydrogens is 464 g/mol. The van der Waals surface area contributed by atoms with Gasteiger partial charge in [-0.1, -0.05) is 60.1 Å². The highest BCUT2D eigenvalue weighted by Crippen LogP contribution is 2.66. The van der Waals surface area contributed by atoms with E-state index in [0.29, 0.717) is 21.2 Å². The standard InChI is InChI=1S/C24H28ClNO4P2/c1-4-29-32(28,30-5-2)24(3,20-16-18-21(25)19-17-20)26-31(27,22-12-8-6-9-13-22)23-14-10-7-11-15-23/h6-19H,4-5H2,1-3H3,(H,26,27)/t24-/m0/s1. The van der Waals surface area contributed by atoms with Gasteiger partial charge in [-0.15, -0.1) is 0 Å². The van der Waals surface area contributed by atoms with Crippen molar-refractivity contribution in [2.45, 2.75) is 26.1 Å². The fraction of sp³-hybridized carbons (Fsp3) is 0.250. The van der Waals surface area contributed by atoms with E-state index in [9.17, 15) is 9.13 Å². The maximum Gasteiger partial charge on any atom is 0.355 e. The highest BCUT2D eigenvalue weighted by Gasteiger charge is 2.52. The van der Waals surface area contributed by atoms with Crippen molar-refractivity contribution in [3.05, 3.63) is 95.5 Å². The molecule has 5 nitrogen and oxygen atoms in total. The van der Waals surface area contributed by atoms with Crippen LogP contribution in [-0.2, 0) is 23.5 Å². The van der Waals surface area contributed by atoms with E-state index >= 15 is 0 Å². The fourth-order valence-electron chi connectivity index (χ4n) is 3.55. The summed E-state index contributed by atoms with van der Waals surface area (Å²) in [7, 11) is -7.32. The van der Waals surface area contributed by atoms with Crippen molar-refractivity contribution < 1.29 is 18.2 Å². The maximum atomic E-state index is 14.8. The second kappa shape index (κ2) is 10.5. The van der Waals surface area contributed by atoms with Crippen LogP contribution in [0.1, 0.15) is 26.3 Å². The van der Waals surface area contributed by atoms with Gasteiger partial charge in [-0.3, -0.25) is 9.13 Å². The molecule has 0 amide bonds. The lowest BCUT2D eigenvalue weighted by molar-refractivity contribution is 0.195. The van der Waals surface area contributed by atoms with Gasteiger partial charge in [0.05, 0.1) is 13.2 Å². The summed E-state index contributed by atoms with van der Waals surface area (Å²) < 4.78 is 40.5. The van der Waals surface area contributed by atoms with Gasteiger partial charge in [0.1, 0.15) is 5.28 Å². The molecule has 0 aliphatic heterocycles. The van der Waals surface area contributed by atoms with E-state index in [0.717, 1.165) is 0 Å². The molecule has 0 fully saturated rings. The Morgan fingerprint density at radius 3 is 1.62 bits per heavy atom. The van der Waals surface area contributed by atoms with Gasteiger partial charge < -0.3 is 9.05 Å². The smallest absolute Gasteiger partial charge is 0.307 e. The van der Waals surface area contributed by atoms with Crippen LogP contribution in [0.25, 0.3) is 0 Å². The van der Waals surface area contributed by atoms with E-state index in [1.165, 1.54) is 0 Å². The number of nitrogens with one attached hydrogen (secondary N) is 1. The van der Waals surface area contributed by atoms with Crippen LogP contribution in [-0.4, -0.2) is 13.2 Å². The van der Waals surface area contributed by atoms with Crippen LogP contribution in [0.2, 0.25) is 5.02 Å². The van der Waals surface area contributed by atoms with Gasteiger partial charge in [0, 0.05) is 15.6 Å². The second-order valence-electron chi connectivity index (χ2n) is 7.30. The zero-order valence-corrected chi connectivity index (χ0v) is 20.9. The Morgan fingerprint density at radius 1 is 0.781 bits per heavy atom. The quantitative estimate of drug-likeness (QED) is 0.337. The summed E-state index contributed by atoms with van der Waals surface area (Å²) in [5.41, 5.74) is 0.597. The van der Waals surface area contributed by atoms with Crippen LogP contribution >= 0.6 is 26.5 Å². The molecule has 0 heterocycles. The lowest BCUT2D eigenvalue weighted by atomic mass is 10.1. The van der Waals surface area contributed by atoms with Crippen molar-refractivity contribution in [2.75, 3.05) is 13.2 Å². The lowest BCUT2D eigenvalue weighted by Crippen LogP contribution is -2.43. The molecule has 0 aliphatic carbocycles. The molecule has 3 rings (SSSR count). The van der Waals surface area contributed by atoms with Crippen LogP contribution < -0.4 is 15.7 Å². The Labute approximate surface area is 195 Å². The number of halogens is 1. The van der Waals surface area contributed by atoms with Crippen LogP contribution in [0, 0.1) is 0 Å². The van der Waals surface area contributed by atoms with Gasteiger partial charge >= 0.3 is 7.60 Å². The molecule has 1 atom stereocenters. The minimum absolute atomic E-state index is 0.170. The van der Waals surface area contributed by atoms with Crippen LogP contribution in [0.5, 0.6) is 0 Å². The molecule has 0 saturated heterocycles. The van der Waals surface area contributed by atoms with Gasteiger partial charge in [-0.25, -0.2) is 5.09 Å². The zero-order chi connectivity index (χ0) is 23.2. The SMILES string of the molecule is CCOP(=O)(OCC)[C@](C)(NP(=O)(c1ccccc1)c1ccccc1)c1ccc(Cl)cc1. The molecule has 3 aromatic rings. The Bertz CT molecular complexity index is 1060. The van der Waals surface area contributed by atoms with E-state index in [1.807, 2.05) is 36.4 Å². The van der Waals surface area contributed by atoms with Gasteiger partial charge in [0.25, 0.3) is 0 Å². The Kier molecular flexibility index (Phi) is 8.16. The van der Waals surface area contributed by atoms with Crippen molar-refractivity contribution in [3.8, 4) is 0 Å². The molecule has 0 bridgehead atoms. The highest BCUT2D eigenvalue weighted by molar-refractivity contribution is 7.77. The van der Waals surface area contributed by atoms with Crippen molar-refractivity contribution in [1.29, 1.82) is 0 Å². The monoisotopic (exact) mass is 491 g/mol. The van der Waals surface area contributed by atoms with Gasteiger partial charge in [-0.2, -0.15) is 0 Å². The molecular formula is C24H28ClNO4P2. The Morgan fingerprint density at radius 2 is 1.22 bits per heavy atom. The lowest BCUT2D eigenvalue weighted by Gasteiger charge is -2.40. The molecule has 0 aromatic heterocycles. The molecule has 170 valence electrons. The molecule has 32 heavy (non-hydrogen) atoms. The van der Waals surface area contributed by atoms with E-state index in [2.05, 4.69) is 5.09 Å². The Hall–Kier alpha value is -1.71. The molecule has 8 heteroatoms. The normalized spacial score (nSPS) is 14.1. The number of hydrogen-bond donors (Lipinski definition) is 1. The summed E-state index contributed by atoms with van der Waals surface area (Å²) in [5, 5.41) is 3.57. The minimum atomic E-state index is -3.84. The predicted molar refractivity (Wildman–Crippen MR) is 133 cm³/mol. The van der Waals surface area contributed by atoms with Crippen molar-refractivity contribution >= 4 is 37.1 Å². The van der Waals surface area contributed by atoms with E-state index in [1.54, 1.807) is 69.3 Å². The number of hydrogen-bond acceptors (Lipinski definition) is 4. The maximum absolute atomic E-state index is 14.8. The molecule has 0 saturated carbocycles. The largest absolute Gasteiger partial charge is 0.355 e. The van der Waals surface area contributed by atoms with Gasteiger partial charge in [0.15, 0.2) is 0 Å². The predicted octanol–water partition coefficient (Wildman–Crippen LogP) is 6.30. The van der Waals surface area contributed by atoms with Crippen molar-refractivity contribution in [1.82, 2.24) is 5.09 Å². The third kappa shape index (κ3) is 4.94. The third-order valence-electron chi connectivity index (χ3n) is 5.17. The highest BCUT2D eigenvalue weighted by atomic mass is 35.5. The Balaban J connectivity index is 2.26. The van der Waals surface area contributed by atoms with Crippen LogP contribution in [0.15, 0.2) is 84.9 Å². The molecule has 1 N–H and O–H groups in total. The summed E-state index contributed by atoms with van der Waals surface area (Å²) in [6, 6.07) is 25.2. The van der Waals surface area contributed by atoms with Crippen molar-refractivity contribution in [2.24, 2.45) is 0 Å². The fourth-order valence-corrected chi connectivity index (χ4v) is 8.81. The first-order valence-electron chi connectivity index (χ1n) is 10.4. The van der Waals surface area contributed by atoms with Gasteiger partial charge in [-0.05, 0) is 62.7 Å². The number of benzene rings is 3. The van der Waals surface area contributed by atoms with Crippen molar-refractivity contribution in [3.63, 3.8) is 0 Å². The number of rotatable bonds is 10. The molecule has 0 spiro atoms. The van der Waals surface area contributed by atoms with Gasteiger partial charge in [0.2, 0.25) is 7.29 Å². The van der Waals surface area contributed by atoms with E-state index < -0.39 is 20.2 Å². The molecule has 0 aliphatic rings. The molecule has 0 radical (unpaired) electrons. The second-order valence-corrected chi connectivity index (χ2v) is 12.6. The summed E-state index contributed by atoms with van der Waals surface area (Å²) in [6.07, 6.45) is 0. The average Bonchev–Trinajstić information content (AvgIpc) is 2.81. The summed E-state index contributed by atoms with van der Waals surface area (Å²) in [5.74, 6) is 0. The summed E-state index contributed by atoms with van der Waals surface area (Å²) in [4.78, 5) is 0. The zero-order valence-electron chi connectivity index (χ0n) is 18.4. The topological polar surface area (TPSA) is 64.6 Å². The van der Waals surface area contributed by atoms with Crippen LogP contribution in [0.3, 0.4) is 0 Å². The third-order valence-corrected chi connectivity index (χ3v) is 11.1. The average molecular weight is 492 g/mol. The molecule has 0 unspecified atom stereocenters. The first-order chi connectivity index (χ1) is 15.3. The van der Waals surface area contributed by atoms with Crippen LogP contribution in [0.4, 0.5) is 0 Å². The molecule has 3 aromatic carbocycles. The first-order valence-corrected chi connectivity index (χ1v) is 14.1.